The summed E-state index contributed by atoms with van der Waals surface area (Å²) in [5.41, 5.74) is 3.25. The fourth-order valence-corrected chi connectivity index (χ4v) is 2.82. The van der Waals surface area contributed by atoms with E-state index in [1.807, 2.05) is 6.92 Å². The van der Waals surface area contributed by atoms with Crippen LogP contribution in [0.2, 0.25) is 0 Å². The van der Waals surface area contributed by atoms with Crippen LogP contribution in [0.4, 0.5) is 4.39 Å². The molecule has 1 N–H and O–H groups in total. The van der Waals surface area contributed by atoms with Crippen LogP contribution in [0.1, 0.15) is 37.8 Å². The van der Waals surface area contributed by atoms with Crippen molar-refractivity contribution >= 4 is 11.8 Å². The second-order valence-electron chi connectivity index (χ2n) is 6.02. The highest BCUT2D eigenvalue weighted by Gasteiger charge is 2.19. The number of aromatic nitrogens is 3. The first-order valence-electron chi connectivity index (χ1n) is 8.03. The van der Waals surface area contributed by atoms with Crippen molar-refractivity contribution in [1.29, 1.82) is 0 Å². The van der Waals surface area contributed by atoms with Crippen LogP contribution in [0.15, 0.2) is 36.5 Å². The summed E-state index contributed by atoms with van der Waals surface area (Å²) in [6.07, 6.45) is 1.42. The van der Waals surface area contributed by atoms with Crippen molar-refractivity contribution in [3.05, 3.63) is 70.6 Å². The number of nitrogens with zero attached hydrogens (tertiary/aromatic N) is 2. The summed E-state index contributed by atoms with van der Waals surface area (Å²) in [6.45, 7) is 4.91. The van der Waals surface area contributed by atoms with Crippen molar-refractivity contribution in [2.24, 2.45) is 0 Å². The molecule has 0 radical (unpaired) electrons. The van der Waals surface area contributed by atoms with E-state index < -0.39 is 5.97 Å². The SMILES string of the molecule is Cc1ccc(-n2c(C)cc(C(=O)COC(=O)c3ccn[nH]3)c2C)cc1F. The summed E-state index contributed by atoms with van der Waals surface area (Å²) in [6, 6.07) is 8.09. The number of aryl methyl sites for hydroxylation is 2. The number of hydrogen-bond acceptors (Lipinski definition) is 4. The molecule has 0 bridgehead atoms. The van der Waals surface area contributed by atoms with Crippen molar-refractivity contribution in [2.45, 2.75) is 20.8 Å². The van der Waals surface area contributed by atoms with E-state index in [1.54, 1.807) is 36.6 Å². The van der Waals surface area contributed by atoms with E-state index >= 15 is 0 Å². The Hall–Kier alpha value is -3.22. The molecule has 0 fully saturated rings. The van der Waals surface area contributed by atoms with Gasteiger partial charge in [-0.1, -0.05) is 6.07 Å². The largest absolute Gasteiger partial charge is 0.453 e. The van der Waals surface area contributed by atoms with Gasteiger partial charge < -0.3 is 9.30 Å². The third-order valence-electron chi connectivity index (χ3n) is 4.20. The molecule has 26 heavy (non-hydrogen) atoms. The monoisotopic (exact) mass is 355 g/mol. The molecule has 0 unspecified atom stereocenters. The first-order valence-corrected chi connectivity index (χ1v) is 8.03. The standard InChI is InChI=1S/C19H18FN3O3/c1-11-4-5-14(9-16(11)20)23-12(2)8-15(13(23)3)18(24)10-26-19(25)17-6-7-21-22-17/h4-9H,10H2,1-3H3,(H,21,22). The van der Waals surface area contributed by atoms with Gasteiger partial charge in [-0.25, -0.2) is 9.18 Å². The van der Waals surface area contributed by atoms with Crippen LogP contribution in [-0.2, 0) is 4.74 Å². The lowest BCUT2D eigenvalue weighted by Crippen LogP contribution is -2.15. The molecule has 0 aliphatic heterocycles. The first-order chi connectivity index (χ1) is 12.4. The number of halogens is 1. The number of nitrogens with one attached hydrogen (secondary N) is 1. The predicted molar refractivity (Wildman–Crippen MR) is 93.1 cm³/mol. The fourth-order valence-electron chi connectivity index (χ4n) is 2.82. The number of carbonyl (C=O) groups excluding carboxylic acids is 2. The van der Waals surface area contributed by atoms with Crippen molar-refractivity contribution in [3.63, 3.8) is 0 Å². The van der Waals surface area contributed by atoms with E-state index in [2.05, 4.69) is 10.2 Å². The van der Waals surface area contributed by atoms with E-state index in [0.717, 1.165) is 5.69 Å². The molecule has 0 saturated heterocycles. The van der Waals surface area contributed by atoms with Gasteiger partial charge in [0, 0.05) is 28.8 Å². The molecule has 0 aliphatic rings. The van der Waals surface area contributed by atoms with Crippen molar-refractivity contribution in [1.82, 2.24) is 14.8 Å². The van der Waals surface area contributed by atoms with Gasteiger partial charge in [0.05, 0.1) is 0 Å². The minimum atomic E-state index is -0.648. The molecule has 3 aromatic rings. The molecule has 7 heteroatoms. The summed E-state index contributed by atoms with van der Waals surface area (Å²) >= 11 is 0. The number of aromatic amines is 1. The lowest BCUT2D eigenvalue weighted by Gasteiger charge is -2.11. The molecule has 3 rings (SSSR count). The first kappa shape index (κ1) is 17.6. The highest BCUT2D eigenvalue weighted by atomic mass is 19.1. The molecule has 2 aromatic heterocycles. The van der Waals surface area contributed by atoms with Gasteiger partial charge in [-0.05, 0) is 50.6 Å². The predicted octanol–water partition coefficient (Wildman–Crippen LogP) is 3.30. The fraction of sp³-hybridized carbons (Fsp3) is 0.211. The van der Waals surface area contributed by atoms with Gasteiger partial charge in [0.1, 0.15) is 11.5 Å². The van der Waals surface area contributed by atoms with E-state index in [4.69, 9.17) is 4.74 Å². The Morgan fingerprint density at radius 3 is 2.62 bits per heavy atom. The average Bonchev–Trinajstić information content (AvgIpc) is 3.24. The minimum absolute atomic E-state index is 0.179. The zero-order valence-corrected chi connectivity index (χ0v) is 14.7. The molecular formula is C19H18FN3O3. The van der Waals surface area contributed by atoms with Crippen LogP contribution in [0, 0.1) is 26.6 Å². The van der Waals surface area contributed by atoms with E-state index in [-0.39, 0.29) is 23.9 Å². The molecule has 134 valence electrons. The van der Waals surface area contributed by atoms with Crippen molar-refractivity contribution in [2.75, 3.05) is 6.61 Å². The summed E-state index contributed by atoms with van der Waals surface area (Å²) in [4.78, 5) is 24.3. The summed E-state index contributed by atoms with van der Waals surface area (Å²) in [5.74, 6) is -1.29. The van der Waals surface area contributed by atoms with Crippen LogP contribution < -0.4 is 0 Å². The zero-order valence-electron chi connectivity index (χ0n) is 14.7. The number of hydrogen-bond donors (Lipinski definition) is 1. The Kier molecular flexibility index (Phi) is 4.71. The Balaban J connectivity index is 1.81. The van der Waals surface area contributed by atoms with Crippen LogP contribution in [0.3, 0.4) is 0 Å². The maximum absolute atomic E-state index is 13.9. The Labute approximate surface area is 149 Å². The third kappa shape index (κ3) is 3.28. The summed E-state index contributed by atoms with van der Waals surface area (Å²) < 4.78 is 20.7. The number of esters is 1. The quantitative estimate of drug-likeness (QED) is 0.563. The van der Waals surface area contributed by atoms with Crippen LogP contribution >= 0.6 is 0 Å². The maximum atomic E-state index is 13.9. The van der Waals surface area contributed by atoms with Crippen LogP contribution in [-0.4, -0.2) is 33.1 Å². The van der Waals surface area contributed by atoms with Gasteiger partial charge in [0.25, 0.3) is 0 Å². The van der Waals surface area contributed by atoms with E-state index in [9.17, 15) is 14.0 Å². The molecule has 0 amide bonds. The summed E-state index contributed by atoms with van der Waals surface area (Å²) in [7, 11) is 0. The average molecular weight is 355 g/mol. The molecule has 0 spiro atoms. The molecule has 6 nitrogen and oxygen atoms in total. The molecule has 0 atom stereocenters. The Morgan fingerprint density at radius 1 is 1.19 bits per heavy atom. The van der Waals surface area contributed by atoms with Gasteiger partial charge in [0.2, 0.25) is 5.78 Å². The van der Waals surface area contributed by atoms with Crippen molar-refractivity contribution < 1.29 is 18.7 Å². The highest BCUT2D eigenvalue weighted by molar-refractivity contribution is 6.00. The summed E-state index contributed by atoms with van der Waals surface area (Å²) in [5, 5.41) is 6.14. The lowest BCUT2D eigenvalue weighted by atomic mass is 10.1. The third-order valence-corrected chi connectivity index (χ3v) is 4.20. The normalized spacial score (nSPS) is 10.8. The topological polar surface area (TPSA) is 77.0 Å². The van der Waals surface area contributed by atoms with E-state index in [0.29, 0.717) is 22.5 Å². The number of benzene rings is 1. The van der Waals surface area contributed by atoms with Gasteiger partial charge in [-0.3, -0.25) is 9.89 Å². The smallest absolute Gasteiger partial charge is 0.356 e. The lowest BCUT2D eigenvalue weighted by molar-refractivity contribution is 0.0468. The molecule has 2 heterocycles. The molecule has 0 saturated carbocycles. The maximum Gasteiger partial charge on any atom is 0.356 e. The van der Waals surface area contributed by atoms with Gasteiger partial charge in [0.15, 0.2) is 6.61 Å². The highest BCUT2D eigenvalue weighted by Crippen LogP contribution is 2.23. The van der Waals surface area contributed by atoms with Crippen LogP contribution in [0.25, 0.3) is 5.69 Å². The van der Waals surface area contributed by atoms with Gasteiger partial charge >= 0.3 is 5.97 Å². The van der Waals surface area contributed by atoms with Gasteiger partial charge in [-0.15, -0.1) is 0 Å². The Morgan fingerprint density at radius 2 is 1.96 bits per heavy atom. The van der Waals surface area contributed by atoms with E-state index in [1.165, 1.54) is 18.3 Å². The number of ether oxygens (including phenoxy) is 1. The van der Waals surface area contributed by atoms with Crippen LogP contribution in [0.5, 0.6) is 0 Å². The molecule has 1 aromatic carbocycles. The Bertz CT molecular complexity index is 974. The number of rotatable bonds is 5. The zero-order chi connectivity index (χ0) is 18.8. The minimum Gasteiger partial charge on any atom is -0.453 e. The van der Waals surface area contributed by atoms with Gasteiger partial charge in [-0.2, -0.15) is 5.10 Å². The second kappa shape index (κ2) is 6.95. The number of carbonyl (C=O) groups is 2. The van der Waals surface area contributed by atoms with Crippen molar-refractivity contribution in [3.8, 4) is 5.69 Å². The number of ketones is 1. The second-order valence-corrected chi connectivity index (χ2v) is 6.02. The number of Topliss-reactive ketones (excluding diaryl/α,β-unsaturated/α-hetero) is 1. The number of H-pyrrole nitrogens is 1. The molecular weight excluding hydrogens is 337 g/mol. The molecule has 0 aliphatic carbocycles.